The summed E-state index contributed by atoms with van der Waals surface area (Å²) in [5.41, 5.74) is 5.26. The molecule has 4 aromatic heterocycles. The van der Waals surface area contributed by atoms with Crippen LogP contribution in [0, 0.1) is 6.20 Å². The standard InChI is InChI=1S/C9H10BNO2.C9H9N.C9H8N.C8H7N.8CH4.2F2.Pd.Y/c1-11-8-5-3-2-4-7(8)6-9(11)10(12)13;2*1-10-7-6-8-4-2-3-5-9(8)10;1-2-4-8-7(3-1)5-6-9-8;;;;;;;;;2*1-2;;/h2-6,12-13H,1H3;2-7H,1H3;2-6H,1H3;1-6,9H;8*1H4;;;;/q;;-1;;;;;;;;;;;;;. The van der Waals surface area contributed by atoms with Crippen molar-refractivity contribution in [2.45, 2.75) is 59.4 Å². The second-order valence-corrected chi connectivity index (χ2v) is 10.0. The number of halogens is 4. The van der Waals surface area contributed by atoms with Crippen LogP contribution >= 0.6 is 0 Å². The van der Waals surface area contributed by atoms with E-state index in [4.69, 9.17) is 28.3 Å². The molecule has 8 rings (SSSR count). The molecule has 56 heavy (non-hydrogen) atoms. The Bertz CT molecular complexity index is 1960. The van der Waals surface area contributed by atoms with Gasteiger partial charge in [0, 0.05) is 120 Å². The summed E-state index contributed by atoms with van der Waals surface area (Å²) >= 11 is 0. The summed E-state index contributed by atoms with van der Waals surface area (Å²) in [5, 5.41) is 22.9. The molecule has 0 fully saturated rings. The molecule has 0 bridgehead atoms. The molecule has 6 nitrogen and oxygen atoms in total. The Labute approximate surface area is 374 Å². The van der Waals surface area contributed by atoms with Crippen LogP contribution in [0.2, 0.25) is 0 Å². The molecular formula is C43H66BF4N4O2PdY-. The summed E-state index contributed by atoms with van der Waals surface area (Å²) < 4.78 is 37.9. The van der Waals surface area contributed by atoms with E-state index in [0.717, 1.165) is 10.9 Å². The number of nitrogens with zero attached hydrogens (tertiary/aromatic N) is 3. The molecule has 315 valence electrons. The minimum atomic E-state index is -1.41. The molecule has 0 atom stereocenters. The third-order valence-corrected chi connectivity index (χ3v) is 7.22. The fourth-order valence-electron chi connectivity index (χ4n) is 4.93. The van der Waals surface area contributed by atoms with Gasteiger partial charge in [0.15, 0.2) is 0 Å². The average Bonchev–Trinajstić information content (AvgIpc) is 3.91. The second-order valence-electron chi connectivity index (χ2n) is 10.0. The van der Waals surface area contributed by atoms with Gasteiger partial charge in [-0.05, 0) is 59.6 Å². The van der Waals surface area contributed by atoms with Gasteiger partial charge in [-0.1, -0.05) is 126 Å². The van der Waals surface area contributed by atoms with Crippen LogP contribution in [0.1, 0.15) is 59.4 Å². The van der Waals surface area contributed by atoms with Gasteiger partial charge in [-0.2, -0.15) is 11.5 Å². The Kier molecular flexibility index (Phi) is 46.6. The van der Waals surface area contributed by atoms with Crippen molar-refractivity contribution in [3.05, 3.63) is 140 Å². The van der Waals surface area contributed by atoms with Crippen molar-refractivity contribution in [3.63, 3.8) is 0 Å². The summed E-state index contributed by atoms with van der Waals surface area (Å²) in [5.74, 6) is 0. The zero-order valence-electron chi connectivity index (χ0n) is 26.4. The number of rotatable bonds is 1. The largest absolute Gasteiger partial charge is 0.505 e. The Morgan fingerprint density at radius 2 is 1.00 bits per heavy atom. The van der Waals surface area contributed by atoms with E-state index < -0.39 is 7.12 Å². The molecule has 3 N–H and O–H groups in total. The summed E-state index contributed by atoms with van der Waals surface area (Å²) in [4.78, 5) is 3.12. The number of aryl methyl sites for hydroxylation is 3. The number of hydrogen-bond donors (Lipinski definition) is 3. The maximum absolute atomic E-state index is 9.04. The van der Waals surface area contributed by atoms with Gasteiger partial charge in [0.2, 0.25) is 0 Å². The molecule has 13 heteroatoms. The number of nitrogens with one attached hydrogen (secondary N) is 1. The first kappa shape index (κ1) is 70.3. The Morgan fingerprint density at radius 3 is 1.48 bits per heavy atom. The van der Waals surface area contributed by atoms with Crippen molar-refractivity contribution in [2.75, 3.05) is 0 Å². The first-order valence-corrected chi connectivity index (χ1v) is 14.1. The number of fused-ring (bicyclic) bond motifs is 4. The summed E-state index contributed by atoms with van der Waals surface area (Å²) in [6.07, 6.45) is 7.12. The van der Waals surface area contributed by atoms with Gasteiger partial charge < -0.3 is 28.7 Å². The predicted molar refractivity (Wildman–Crippen MR) is 234 cm³/mol. The van der Waals surface area contributed by atoms with Crippen molar-refractivity contribution in [1.29, 1.82) is 0 Å². The van der Waals surface area contributed by atoms with Crippen LogP contribution in [0.5, 0.6) is 0 Å². The van der Waals surface area contributed by atoms with Gasteiger partial charge >= 0.3 is 7.12 Å². The Balaban J connectivity index is -0.0000000843. The minimum Gasteiger partial charge on any atom is -0.466 e. The number of aromatic amines is 1. The van der Waals surface area contributed by atoms with Crippen molar-refractivity contribution in [2.24, 2.45) is 21.1 Å². The first-order chi connectivity index (χ1) is 22.4. The van der Waals surface area contributed by atoms with Gasteiger partial charge in [0.1, 0.15) is 0 Å². The minimum absolute atomic E-state index is 0. The summed E-state index contributed by atoms with van der Waals surface area (Å²) in [6.45, 7) is 0. The van der Waals surface area contributed by atoms with Crippen molar-refractivity contribution in [3.8, 4) is 0 Å². The van der Waals surface area contributed by atoms with Gasteiger partial charge in [-0.3, -0.25) is 0 Å². The molecule has 0 aliphatic carbocycles. The number of H-pyrrole nitrogens is 1. The van der Waals surface area contributed by atoms with Gasteiger partial charge in [0.05, 0.1) is 0 Å². The topological polar surface area (TPSA) is 71.0 Å². The Morgan fingerprint density at radius 1 is 0.554 bits per heavy atom. The molecule has 0 unspecified atom stereocenters. The van der Waals surface area contributed by atoms with E-state index in [0.29, 0.717) is 5.59 Å². The first-order valence-electron chi connectivity index (χ1n) is 14.1. The number of benzene rings is 4. The van der Waals surface area contributed by atoms with Crippen LogP contribution in [-0.4, -0.2) is 35.9 Å². The monoisotopic (exact) mass is 952 g/mol. The second kappa shape index (κ2) is 37.1. The average molecular weight is 953 g/mol. The van der Waals surface area contributed by atoms with Gasteiger partial charge in [0.25, 0.3) is 0 Å². The zero-order chi connectivity index (χ0) is 33.5. The van der Waals surface area contributed by atoms with E-state index in [-0.39, 0.29) is 113 Å². The van der Waals surface area contributed by atoms with E-state index in [2.05, 4.69) is 89.7 Å². The van der Waals surface area contributed by atoms with Crippen LogP contribution in [0.4, 0.5) is 18.3 Å². The molecule has 0 saturated heterocycles. The zero-order valence-corrected chi connectivity index (χ0v) is 30.8. The quantitative estimate of drug-likeness (QED) is 0.0871. The molecule has 1 radical (unpaired) electrons. The third kappa shape index (κ3) is 19.1. The SMILES string of the molecule is C.C.C.C.C.C.C.C.Cn1[c-]cc2ccccc21.Cn1c(B(O)O)cc2ccccc21.Cn1ccc2ccccc21.FF.FF.[Pd].[Y].c1ccc2[nH]ccc2c1. The fraction of sp³-hybridized carbons (Fsp3) is 0.256. The normalized spacial score (nSPS) is 8.09. The molecule has 0 saturated carbocycles. The van der Waals surface area contributed by atoms with Crippen LogP contribution in [0.25, 0.3) is 43.6 Å². The molecule has 4 heterocycles. The van der Waals surface area contributed by atoms with E-state index >= 15 is 0 Å². The molecule has 0 spiro atoms. The van der Waals surface area contributed by atoms with Crippen LogP contribution in [-0.2, 0) is 74.3 Å². The third-order valence-electron chi connectivity index (χ3n) is 7.22. The van der Waals surface area contributed by atoms with Crippen molar-refractivity contribution in [1.82, 2.24) is 18.7 Å². The van der Waals surface area contributed by atoms with Gasteiger partial charge in [-0.15, -0.1) is 23.8 Å². The maximum atomic E-state index is 9.04. The van der Waals surface area contributed by atoms with Gasteiger partial charge in [-0.25, -0.2) is 0 Å². The fourth-order valence-corrected chi connectivity index (χ4v) is 4.93. The van der Waals surface area contributed by atoms with E-state index in [1.807, 2.05) is 79.5 Å². The van der Waals surface area contributed by atoms with Crippen LogP contribution in [0.3, 0.4) is 0 Å². The molecule has 0 aliphatic heterocycles. The summed E-state index contributed by atoms with van der Waals surface area (Å²) in [7, 11) is 4.47. The molecule has 0 amide bonds. The summed E-state index contributed by atoms with van der Waals surface area (Å²) in [6, 6.07) is 40.5. The number of hydrogen-bond acceptors (Lipinski definition) is 2. The molecular weight excluding hydrogens is 887 g/mol. The number of para-hydroxylation sites is 4. The van der Waals surface area contributed by atoms with E-state index in [9.17, 15) is 0 Å². The molecule has 8 aromatic rings. The maximum Gasteiger partial charge on any atom is 0.505 e. The van der Waals surface area contributed by atoms with Crippen molar-refractivity contribution < 1.29 is 81.5 Å². The van der Waals surface area contributed by atoms with E-state index in [1.54, 1.807) is 10.6 Å². The van der Waals surface area contributed by atoms with Crippen LogP contribution in [0.15, 0.2) is 134 Å². The van der Waals surface area contributed by atoms with Crippen LogP contribution < -0.4 is 5.59 Å². The molecule has 4 aromatic carbocycles. The molecule has 0 aliphatic rings. The van der Waals surface area contributed by atoms with Crippen molar-refractivity contribution >= 4 is 56.3 Å². The Hall–Kier alpha value is -3.49. The smallest absolute Gasteiger partial charge is 0.466 e. The predicted octanol–water partition coefficient (Wildman–Crippen LogP) is 12.9. The number of aromatic nitrogens is 4. The van der Waals surface area contributed by atoms with E-state index in [1.165, 1.54) is 32.7 Å².